The third-order valence-corrected chi connectivity index (χ3v) is 5.65. The predicted molar refractivity (Wildman–Crippen MR) is 135 cm³/mol. The molecule has 4 rings (SSSR count). The van der Waals surface area contributed by atoms with Gasteiger partial charge in [-0.3, -0.25) is 19.7 Å². The monoisotopic (exact) mass is 501 g/mol. The molecule has 1 aliphatic rings. The van der Waals surface area contributed by atoms with E-state index in [0.29, 0.717) is 11.5 Å². The molecule has 1 aliphatic heterocycles. The molecule has 9 nitrogen and oxygen atoms in total. The van der Waals surface area contributed by atoms with Gasteiger partial charge in [-0.1, -0.05) is 60.7 Å². The van der Waals surface area contributed by atoms with Crippen LogP contribution in [-0.4, -0.2) is 42.3 Å². The highest BCUT2D eigenvalue weighted by molar-refractivity contribution is 6.06. The van der Waals surface area contributed by atoms with E-state index in [1.165, 1.54) is 0 Å². The third kappa shape index (κ3) is 7.74. The summed E-state index contributed by atoms with van der Waals surface area (Å²) in [6.07, 6.45) is -0.225. The Balaban J connectivity index is 1.37. The highest BCUT2D eigenvalue weighted by atomic mass is 16.5. The lowest BCUT2D eigenvalue weighted by Gasteiger charge is -2.19. The van der Waals surface area contributed by atoms with E-state index in [9.17, 15) is 19.2 Å². The van der Waals surface area contributed by atoms with E-state index in [0.717, 1.165) is 11.1 Å². The van der Waals surface area contributed by atoms with Crippen LogP contribution in [0, 0.1) is 0 Å². The van der Waals surface area contributed by atoms with Crippen LogP contribution in [0.1, 0.15) is 17.5 Å². The number of carbonyl (C=O) groups is 4. The van der Waals surface area contributed by atoms with Gasteiger partial charge in [-0.25, -0.2) is 4.79 Å². The fourth-order valence-corrected chi connectivity index (χ4v) is 3.75. The van der Waals surface area contributed by atoms with Crippen LogP contribution in [0.15, 0.2) is 84.9 Å². The molecule has 4 amide bonds. The van der Waals surface area contributed by atoms with Crippen molar-refractivity contribution in [3.8, 4) is 11.5 Å². The molecule has 0 spiro atoms. The summed E-state index contributed by atoms with van der Waals surface area (Å²) in [4.78, 5) is 48.8. The Labute approximate surface area is 214 Å². The van der Waals surface area contributed by atoms with E-state index in [1.54, 1.807) is 24.3 Å². The van der Waals surface area contributed by atoms with Crippen molar-refractivity contribution in [2.45, 2.75) is 31.5 Å². The normalized spacial score (nSPS) is 15.4. The Bertz CT molecular complexity index is 1230. The van der Waals surface area contributed by atoms with E-state index in [2.05, 4.69) is 16.0 Å². The fraction of sp³-hybridized carbons (Fsp3) is 0.214. The van der Waals surface area contributed by atoms with Crippen molar-refractivity contribution in [2.24, 2.45) is 0 Å². The molecule has 0 radical (unpaired) electrons. The van der Waals surface area contributed by atoms with Gasteiger partial charge in [-0.05, 0) is 35.4 Å². The molecule has 0 aliphatic carbocycles. The maximum Gasteiger partial charge on any atom is 0.322 e. The van der Waals surface area contributed by atoms with Gasteiger partial charge in [0.15, 0.2) is 5.78 Å². The SMILES string of the molecule is O=C(CC1NC(=O)NC1=O)N[C@@H](COCc1ccccc1)C(=O)Cc1ccc(Oc2ccccc2)cc1. The van der Waals surface area contributed by atoms with Crippen LogP contribution in [0.4, 0.5) is 4.79 Å². The lowest BCUT2D eigenvalue weighted by atomic mass is 10.0. The number of urea groups is 1. The largest absolute Gasteiger partial charge is 0.457 e. The van der Waals surface area contributed by atoms with Crippen LogP contribution in [0.3, 0.4) is 0 Å². The average Bonchev–Trinajstić information content (AvgIpc) is 3.21. The first-order valence-corrected chi connectivity index (χ1v) is 11.8. The van der Waals surface area contributed by atoms with Crippen LogP contribution in [0.2, 0.25) is 0 Å². The summed E-state index contributed by atoms with van der Waals surface area (Å²) in [5, 5.41) is 7.12. The van der Waals surface area contributed by atoms with Gasteiger partial charge in [0.2, 0.25) is 5.91 Å². The Hall–Kier alpha value is -4.50. The van der Waals surface area contributed by atoms with Gasteiger partial charge in [0.1, 0.15) is 23.6 Å². The molecule has 9 heteroatoms. The second-order valence-electron chi connectivity index (χ2n) is 8.54. The van der Waals surface area contributed by atoms with Crippen molar-refractivity contribution in [1.82, 2.24) is 16.0 Å². The third-order valence-electron chi connectivity index (χ3n) is 5.65. The van der Waals surface area contributed by atoms with Crippen LogP contribution in [-0.2, 0) is 32.1 Å². The van der Waals surface area contributed by atoms with Crippen molar-refractivity contribution < 1.29 is 28.7 Å². The second-order valence-corrected chi connectivity index (χ2v) is 8.54. The highest BCUT2D eigenvalue weighted by Gasteiger charge is 2.32. The molecule has 3 N–H and O–H groups in total. The van der Waals surface area contributed by atoms with Crippen LogP contribution >= 0.6 is 0 Å². The summed E-state index contributed by atoms with van der Waals surface area (Å²) >= 11 is 0. The summed E-state index contributed by atoms with van der Waals surface area (Å²) in [5.74, 6) is -0.0398. The summed E-state index contributed by atoms with van der Waals surface area (Å²) in [5.41, 5.74) is 1.68. The predicted octanol–water partition coefficient (Wildman–Crippen LogP) is 2.89. The molecule has 3 aromatic carbocycles. The Morgan fingerprint density at radius 2 is 1.49 bits per heavy atom. The molecule has 0 saturated carbocycles. The molecule has 1 saturated heterocycles. The Morgan fingerprint density at radius 3 is 2.14 bits per heavy atom. The maximum absolute atomic E-state index is 13.1. The summed E-state index contributed by atoms with van der Waals surface area (Å²) in [6.45, 7) is 0.227. The van der Waals surface area contributed by atoms with Crippen LogP contribution in [0.25, 0.3) is 0 Å². The smallest absolute Gasteiger partial charge is 0.322 e. The zero-order valence-corrected chi connectivity index (χ0v) is 20.0. The molecule has 0 aromatic heterocycles. The molecule has 1 unspecified atom stereocenters. The standard InChI is InChI=1S/C28H27N3O6/c32-25(15-19-11-13-22(14-12-19)37-21-9-5-2-6-10-21)24(18-36-17-20-7-3-1-4-8-20)29-26(33)16-23-27(34)31-28(35)30-23/h1-14,23-24H,15-18H2,(H,29,33)(H2,30,31,34,35)/t23?,24-/m0/s1. The molecular formula is C28H27N3O6. The quantitative estimate of drug-likeness (QED) is 0.328. The van der Waals surface area contributed by atoms with E-state index in [1.807, 2.05) is 60.7 Å². The van der Waals surface area contributed by atoms with Crippen molar-refractivity contribution in [3.05, 3.63) is 96.1 Å². The number of amides is 4. The number of ketones is 1. The zero-order valence-electron chi connectivity index (χ0n) is 20.0. The maximum atomic E-state index is 13.1. The number of nitrogens with one attached hydrogen (secondary N) is 3. The minimum Gasteiger partial charge on any atom is -0.457 e. The van der Waals surface area contributed by atoms with Gasteiger partial charge in [-0.15, -0.1) is 0 Å². The average molecular weight is 502 g/mol. The molecule has 1 heterocycles. The molecule has 0 bridgehead atoms. The number of para-hydroxylation sites is 1. The minimum absolute atomic E-state index is 0.0438. The summed E-state index contributed by atoms with van der Waals surface area (Å²) < 4.78 is 11.5. The molecule has 190 valence electrons. The van der Waals surface area contributed by atoms with Gasteiger partial charge in [-0.2, -0.15) is 0 Å². The van der Waals surface area contributed by atoms with Crippen molar-refractivity contribution >= 4 is 23.6 Å². The highest BCUT2D eigenvalue weighted by Crippen LogP contribution is 2.21. The van der Waals surface area contributed by atoms with E-state index in [-0.39, 0.29) is 31.8 Å². The summed E-state index contributed by atoms with van der Waals surface area (Å²) in [7, 11) is 0. The first-order valence-electron chi connectivity index (χ1n) is 11.8. The first-order chi connectivity index (χ1) is 18.0. The number of ether oxygens (including phenoxy) is 2. The Morgan fingerprint density at radius 1 is 0.838 bits per heavy atom. The van der Waals surface area contributed by atoms with Crippen LogP contribution in [0.5, 0.6) is 11.5 Å². The van der Waals surface area contributed by atoms with Gasteiger partial charge >= 0.3 is 6.03 Å². The first kappa shape index (κ1) is 25.6. The number of carbonyl (C=O) groups excluding carboxylic acids is 4. The number of rotatable bonds is 12. The topological polar surface area (TPSA) is 123 Å². The zero-order chi connectivity index (χ0) is 26.0. The lowest BCUT2D eigenvalue weighted by Crippen LogP contribution is -2.47. The van der Waals surface area contributed by atoms with Crippen molar-refractivity contribution in [2.75, 3.05) is 6.61 Å². The lowest BCUT2D eigenvalue weighted by molar-refractivity contribution is -0.130. The fourth-order valence-electron chi connectivity index (χ4n) is 3.75. The number of Topliss-reactive ketones (excluding diaryl/α,β-unsaturated/α-hetero) is 1. The van der Waals surface area contributed by atoms with Gasteiger partial charge in [0.05, 0.1) is 19.6 Å². The van der Waals surface area contributed by atoms with Crippen molar-refractivity contribution in [3.63, 3.8) is 0 Å². The second kappa shape index (κ2) is 12.5. The van der Waals surface area contributed by atoms with Crippen molar-refractivity contribution in [1.29, 1.82) is 0 Å². The summed E-state index contributed by atoms with van der Waals surface area (Å²) in [6, 6.07) is 23.4. The molecule has 3 aromatic rings. The van der Waals surface area contributed by atoms with Gasteiger partial charge in [0, 0.05) is 6.42 Å². The number of hydrogen-bond donors (Lipinski definition) is 3. The van der Waals surface area contributed by atoms with E-state index < -0.39 is 29.9 Å². The Kier molecular flexibility index (Phi) is 8.62. The van der Waals surface area contributed by atoms with E-state index >= 15 is 0 Å². The number of hydrogen-bond acceptors (Lipinski definition) is 6. The van der Waals surface area contributed by atoms with E-state index in [4.69, 9.17) is 9.47 Å². The van der Waals surface area contributed by atoms with Gasteiger partial charge < -0.3 is 20.1 Å². The molecule has 2 atom stereocenters. The molecule has 1 fully saturated rings. The van der Waals surface area contributed by atoms with Crippen LogP contribution < -0.4 is 20.7 Å². The molecule has 37 heavy (non-hydrogen) atoms. The number of benzene rings is 3. The van der Waals surface area contributed by atoms with Gasteiger partial charge in [0.25, 0.3) is 5.91 Å². The minimum atomic E-state index is -0.981. The number of imide groups is 1. The molecular weight excluding hydrogens is 474 g/mol.